The van der Waals surface area contributed by atoms with E-state index in [-0.39, 0.29) is 11.8 Å². The van der Waals surface area contributed by atoms with Crippen LogP contribution in [0.3, 0.4) is 0 Å². The third kappa shape index (κ3) is 4.15. The molecule has 0 saturated heterocycles. The minimum Gasteiger partial charge on any atom is -0.494 e. The lowest BCUT2D eigenvalue weighted by atomic mass is 10.1. The minimum absolute atomic E-state index is 0.308. The summed E-state index contributed by atoms with van der Waals surface area (Å²) >= 11 is 0. The van der Waals surface area contributed by atoms with E-state index >= 15 is 0 Å². The quantitative estimate of drug-likeness (QED) is 0.445. The molecule has 0 aliphatic rings. The zero-order chi connectivity index (χ0) is 20.9. The second kappa shape index (κ2) is 8.48. The van der Waals surface area contributed by atoms with Gasteiger partial charge in [0.1, 0.15) is 5.75 Å². The smallest absolute Gasteiger partial charge is 0.257 e. The third-order valence-corrected chi connectivity index (χ3v) is 4.55. The van der Waals surface area contributed by atoms with Crippen LogP contribution in [0.5, 0.6) is 5.75 Å². The van der Waals surface area contributed by atoms with Crippen LogP contribution in [-0.2, 0) is 0 Å². The van der Waals surface area contributed by atoms with Crippen molar-refractivity contribution >= 4 is 34.1 Å². The van der Waals surface area contributed by atoms with E-state index in [0.29, 0.717) is 34.9 Å². The molecular weight excluding hydrogens is 380 g/mol. The van der Waals surface area contributed by atoms with Crippen molar-refractivity contribution in [2.45, 2.75) is 6.92 Å². The van der Waals surface area contributed by atoms with Crippen molar-refractivity contribution in [3.05, 3.63) is 84.1 Å². The summed E-state index contributed by atoms with van der Waals surface area (Å²) in [5, 5.41) is 13.5. The number of aromatic nitrogens is 2. The van der Waals surface area contributed by atoms with Gasteiger partial charge in [-0.3, -0.25) is 14.7 Å². The van der Waals surface area contributed by atoms with Gasteiger partial charge in [-0.1, -0.05) is 12.1 Å². The van der Waals surface area contributed by atoms with E-state index in [1.165, 1.54) is 0 Å². The van der Waals surface area contributed by atoms with Crippen LogP contribution >= 0.6 is 0 Å². The maximum Gasteiger partial charge on any atom is 0.257 e. The van der Waals surface area contributed by atoms with Gasteiger partial charge in [0.2, 0.25) is 0 Å². The Hall–Kier alpha value is -4.13. The fourth-order valence-electron chi connectivity index (χ4n) is 3.07. The standard InChI is InChI=1S/C23H20N4O3/c1-2-30-18-11-8-15(9-12-18)22(28)26-20-6-4-3-5-19(20)23(29)25-17-10-7-16-14-24-27-21(16)13-17/h3-14H,2H2,1H3,(H,24,27)(H,25,29)(H,26,28). The highest BCUT2D eigenvalue weighted by atomic mass is 16.5. The number of rotatable bonds is 6. The van der Waals surface area contributed by atoms with Crippen LogP contribution in [0.4, 0.5) is 11.4 Å². The maximum atomic E-state index is 12.8. The first-order chi connectivity index (χ1) is 14.6. The number of nitrogens with zero attached hydrogens (tertiary/aromatic N) is 1. The maximum absolute atomic E-state index is 12.8. The summed E-state index contributed by atoms with van der Waals surface area (Å²) in [4.78, 5) is 25.5. The van der Waals surface area contributed by atoms with Gasteiger partial charge >= 0.3 is 0 Å². The molecule has 7 heteroatoms. The van der Waals surface area contributed by atoms with E-state index in [0.717, 1.165) is 10.9 Å². The zero-order valence-electron chi connectivity index (χ0n) is 16.3. The van der Waals surface area contributed by atoms with Crippen LogP contribution in [0.25, 0.3) is 10.9 Å². The summed E-state index contributed by atoms with van der Waals surface area (Å²) in [6.45, 7) is 2.46. The van der Waals surface area contributed by atoms with Gasteiger partial charge in [-0.2, -0.15) is 5.10 Å². The van der Waals surface area contributed by atoms with Crippen molar-refractivity contribution in [2.24, 2.45) is 0 Å². The molecule has 7 nitrogen and oxygen atoms in total. The molecule has 1 aromatic heterocycles. The highest BCUT2D eigenvalue weighted by molar-refractivity contribution is 6.12. The highest BCUT2D eigenvalue weighted by Gasteiger charge is 2.15. The van der Waals surface area contributed by atoms with Gasteiger partial charge in [-0.25, -0.2) is 0 Å². The molecule has 4 aromatic rings. The first-order valence-corrected chi connectivity index (χ1v) is 9.52. The Kier molecular flexibility index (Phi) is 5.43. The van der Waals surface area contributed by atoms with E-state index in [1.807, 2.05) is 13.0 Å². The van der Waals surface area contributed by atoms with E-state index < -0.39 is 0 Å². The Morgan fingerprint density at radius 3 is 2.57 bits per heavy atom. The Morgan fingerprint density at radius 2 is 1.77 bits per heavy atom. The average Bonchev–Trinajstić information content (AvgIpc) is 3.23. The molecule has 0 atom stereocenters. The normalized spacial score (nSPS) is 10.6. The average molecular weight is 400 g/mol. The molecule has 0 aliphatic carbocycles. The summed E-state index contributed by atoms with van der Waals surface area (Å²) in [5.74, 6) is 0.0664. The van der Waals surface area contributed by atoms with Gasteiger partial charge in [0, 0.05) is 16.6 Å². The molecule has 0 aliphatic heterocycles. The number of fused-ring (bicyclic) bond motifs is 1. The molecule has 0 spiro atoms. The van der Waals surface area contributed by atoms with Crippen LogP contribution in [0, 0.1) is 0 Å². The van der Waals surface area contributed by atoms with Crippen molar-refractivity contribution < 1.29 is 14.3 Å². The predicted octanol–water partition coefficient (Wildman–Crippen LogP) is 4.47. The van der Waals surface area contributed by atoms with Crippen LogP contribution in [0.2, 0.25) is 0 Å². The van der Waals surface area contributed by atoms with Crippen LogP contribution in [-0.4, -0.2) is 28.6 Å². The summed E-state index contributed by atoms with van der Waals surface area (Å²) in [6, 6.07) is 19.2. The lowest BCUT2D eigenvalue weighted by Gasteiger charge is -2.12. The first-order valence-electron chi connectivity index (χ1n) is 9.52. The number of amides is 2. The largest absolute Gasteiger partial charge is 0.494 e. The second-order valence-corrected chi connectivity index (χ2v) is 6.58. The van der Waals surface area contributed by atoms with Crippen molar-refractivity contribution in [3.63, 3.8) is 0 Å². The number of anilines is 2. The molecule has 1 heterocycles. The SMILES string of the molecule is CCOc1ccc(C(=O)Nc2ccccc2C(=O)Nc2ccc3cn[nH]c3c2)cc1. The summed E-state index contributed by atoms with van der Waals surface area (Å²) in [7, 11) is 0. The van der Waals surface area contributed by atoms with E-state index in [2.05, 4.69) is 20.8 Å². The van der Waals surface area contributed by atoms with Gasteiger partial charge in [0.25, 0.3) is 11.8 Å². The molecule has 0 fully saturated rings. The summed E-state index contributed by atoms with van der Waals surface area (Å²) in [5.41, 5.74) is 2.71. The molecule has 0 radical (unpaired) electrons. The van der Waals surface area contributed by atoms with Crippen molar-refractivity contribution in [1.82, 2.24) is 10.2 Å². The monoisotopic (exact) mass is 400 g/mol. The van der Waals surface area contributed by atoms with E-state index in [9.17, 15) is 9.59 Å². The fraction of sp³-hybridized carbons (Fsp3) is 0.0870. The van der Waals surface area contributed by atoms with Crippen LogP contribution in [0.15, 0.2) is 72.9 Å². The van der Waals surface area contributed by atoms with Gasteiger partial charge in [0.15, 0.2) is 0 Å². The number of ether oxygens (including phenoxy) is 1. The van der Waals surface area contributed by atoms with Gasteiger partial charge in [-0.15, -0.1) is 0 Å². The van der Waals surface area contributed by atoms with Gasteiger partial charge in [-0.05, 0) is 61.5 Å². The van der Waals surface area contributed by atoms with Crippen LogP contribution < -0.4 is 15.4 Å². The number of para-hydroxylation sites is 1. The van der Waals surface area contributed by atoms with Crippen molar-refractivity contribution in [1.29, 1.82) is 0 Å². The molecule has 150 valence electrons. The Morgan fingerprint density at radius 1 is 0.967 bits per heavy atom. The topological polar surface area (TPSA) is 96.1 Å². The van der Waals surface area contributed by atoms with E-state index in [1.54, 1.807) is 66.9 Å². The number of hydrogen-bond donors (Lipinski definition) is 3. The Labute approximate surface area is 173 Å². The Bertz CT molecular complexity index is 1200. The van der Waals surface area contributed by atoms with Crippen LogP contribution in [0.1, 0.15) is 27.6 Å². The van der Waals surface area contributed by atoms with Gasteiger partial charge in [0.05, 0.1) is 29.6 Å². The molecule has 0 saturated carbocycles. The molecule has 4 rings (SSSR count). The molecule has 3 N–H and O–H groups in total. The number of benzene rings is 3. The lowest BCUT2D eigenvalue weighted by Crippen LogP contribution is -2.18. The molecular formula is C23H20N4O3. The zero-order valence-corrected chi connectivity index (χ0v) is 16.3. The molecule has 2 amide bonds. The molecule has 0 bridgehead atoms. The number of H-pyrrole nitrogens is 1. The summed E-state index contributed by atoms with van der Waals surface area (Å²) < 4.78 is 5.40. The Balaban J connectivity index is 1.51. The number of aromatic amines is 1. The second-order valence-electron chi connectivity index (χ2n) is 6.58. The predicted molar refractivity (Wildman–Crippen MR) is 116 cm³/mol. The molecule has 30 heavy (non-hydrogen) atoms. The number of hydrogen-bond acceptors (Lipinski definition) is 4. The highest BCUT2D eigenvalue weighted by Crippen LogP contribution is 2.21. The fourth-order valence-corrected chi connectivity index (χ4v) is 3.07. The number of carbonyl (C=O) groups excluding carboxylic acids is 2. The molecule has 3 aromatic carbocycles. The van der Waals surface area contributed by atoms with Gasteiger partial charge < -0.3 is 15.4 Å². The van der Waals surface area contributed by atoms with Crippen molar-refractivity contribution in [3.8, 4) is 5.75 Å². The number of carbonyl (C=O) groups is 2. The molecule has 0 unspecified atom stereocenters. The lowest BCUT2D eigenvalue weighted by molar-refractivity contribution is 0.102. The first kappa shape index (κ1) is 19.2. The third-order valence-electron chi connectivity index (χ3n) is 4.55. The van der Waals surface area contributed by atoms with E-state index in [4.69, 9.17) is 4.74 Å². The summed E-state index contributed by atoms with van der Waals surface area (Å²) in [6.07, 6.45) is 1.71. The van der Waals surface area contributed by atoms with Crippen molar-refractivity contribution in [2.75, 3.05) is 17.2 Å². The number of nitrogens with one attached hydrogen (secondary N) is 3. The minimum atomic E-state index is -0.323.